The van der Waals surface area contributed by atoms with E-state index in [9.17, 15) is 21.2 Å². The number of nitrogens with one attached hydrogen (secondary N) is 1. The van der Waals surface area contributed by atoms with Crippen LogP contribution >= 0.6 is 11.3 Å². The van der Waals surface area contributed by atoms with Gasteiger partial charge in [-0.25, -0.2) is 31.3 Å². The largest absolute Gasteiger partial charge is 0.266 e. The van der Waals surface area contributed by atoms with Crippen LogP contribution in [0, 0.1) is 12.7 Å². The number of aromatic nitrogens is 1. The van der Waals surface area contributed by atoms with Crippen LogP contribution in [0.1, 0.15) is 5.69 Å². The molecule has 2 rings (SSSR count). The van der Waals surface area contributed by atoms with Crippen molar-refractivity contribution in [3.8, 4) is 0 Å². The predicted molar refractivity (Wildman–Crippen MR) is 75.4 cm³/mol. The number of primary sulfonamides is 1. The maximum atomic E-state index is 13.5. The highest BCUT2D eigenvalue weighted by molar-refractivity contribution is 7.93. The molecule has 0 saturated carbocycles. The van der Waals surface area contributed by atoms with Crippen LogP contribution in [0.5, 0.6) is 0 Å². The third-order valence-corrected chi connectivity index (χ3v) is 6.49. The number of nitrogens with zero attached hydrogens (tertiary/aromatic N) is 1. The summed E-state index contributed by atoms with van der Waals surface area (Å²) >= 11 is 0.557. The van der Waals surface area contributed by atoms with Gasteiger partial charge in [-0.15, -0.1) is 0 Å². The van der Waals surface area contributed by atoms with Gasteiger partial charge in [-0.05, 0) is 19.1 Å². The summed E-state index contributed by atoms with van der Waals surface area (Å²) in [6, 6.07) is 4.79. The summed E-state index contributed by atoms with van der Waals surface area (Å²) in [5.41, 5.74) is 0.0636. The lowest BCUT2D eigenvalue weighted by atomic mass is 10.4. The van der Waals surface area contributed by atoms with Gasteiger partial charge in [-0.3, -0.25) is 4.72 Å². The summed E-state index contributed by atoms with van der Waals surface area (Å²) in [5, 5.41) is 4.77. The Kier molecular flexibility index (Phi) is 4.02. The molecule has 0 saturated heterocycles. The number of halogens is 1. The average Bonchev–Trinajstić information content (AvgIpc) is 2.69. The van der Waals surface area contributed by atoms with Crippen LogP contribution in [0.4, 0.5) is 9.52 Å². The number of hydrogen-bond acceptors (Lipinski definition) is 6. The molecule has 0 fully saturated rings. The summed E-state index contributed by atoms with van der Waals surface area (Å²) in [6.45, 7) is 1.37. The van der Waals surface area contributed by atoms with E-state index in [-0.39, 0.29) is 15.0 Å². The van der Waals surface area contributed by atoms with Crippen molar-refractivity contribution in [2.45, 2.75) is 16.0 Å². The third kappa shape index (κ3) is 3.37. The Balaban J connectivity index is 2.41. The van der Waals surface area contributed by atoms with Crippen molar-refractivity contribution in [3.05, 3.63) is 35.8 Å². The average molecular weight is 351 g/mol. The first-order chi connectivity index (χ1) is 9.61. The fraction of sp³-hybridized carbons (Fsp3) is 0.100. The topological polar surface area (TPSA) is 119 Å². The van der Waals surface area contributed by atoms with Crippen molar-refractivity contribution >= 4 is 36.5 Å². The summed E-state index contributed by atoms with van der Waals surface area (Å²) in [6.07, 6.45) is 0. The van der Waals surface area contributed by atoms with E-state index in [2.05, 4.69) is 4.98 Å². The Morgan fingerprint density at radius 2 is 1.86 bits per heavy atom. The van der Waals surface area contributed by atoms with E-state index in [0.717, 1.165) is 12.1 Å². The quantitative estimate of drug-likeness (QED) is 0.853. The molecule has 0 atom stereocenters. The van der Waals surface area contributed by atoms with E-state index in [4.69, 9.17) is 5.14 Å². The van der Waals surface area contributed by atoms with Gasteiger partial charge < -0.3 is 0 Å². The molecule has 7 nitrogen and oxygen atoms in total. The standard InChI is InChI=1S/C10H10FN3O4S3/c1-6-9(20(12,15)16)19-10(13-6)14-21(17,18)8-5-3-2-4-7(8)11/h2-5H,1H3,(H,13,14)(H2,12,15,16). The van der Waals surface area contributed by atoms with Gasteiger partial charge in [0.05, 0.1) is 5.69 Å². The highest BCUT2D eigenvalue weighted by Gasteiger charge is 2.23. The van der Waals surface area contributed by atoms with Crippen molar-refractivity contribution in [2.75, 3.05) is 4.72 Å². The SMILES string of the molecule is Cc1nc(NS(=O)(=O)c2ccccc2F)sc1S(N)(=O)=O. The van der Waals surface area contributed by atoms with Gasteiger partial charge in [0.1, 0.15) is 10.7 Å². The smallest absolute Gasteiger partial charge is 0.255 e. The first kappa shape index (κ1) is 15.8. The number of rotatable bonds is 4. The molecular weight excluding hydrogens is 341 g/mol. The van der Waals surface area contributed by atoms with Crippen LogP contribution in [0.2, 0.25) is 0 Å². The fourth-order valence-corrected chi connectivity index (χ4v) is 4.70. The summed E-state index contributed by atoms with van der Waals surface area (Å²) < 4.78 is 61.9. The highest BCUT2D eigenvalue weighted by Crippen LogP contribution is 2.28. The van der Waals surface area contributed by atoms with Gasteiger partial charge >= 0.3 is 0 Å². The summed E-state index contributed by atoms with van der Waals surface area (Å²) in [7, 11) is -8.20. The van der Waals surface area contributed by atoms with Crippen LogP contribution < -0.4 is 9.86 Å². The minimum Gasteiger partial charge on any atom is -0.255 e. The number of aryl methyl sites for hydroxylation is 1. The lowest BCUT2D eigenvalue weighted by Gasteiger charge is -2.05. The predicted octanol–water partition coefficient (Wildman–Crippen LogP) is 1.04. The molecule has 0 unspecified atom stereocenters. The third-order valence-electron chi connectivity index (χ3n) is 2.36. The lowest BCUT2D eigenvalue weighted by molar-refractivity contribution is 0.570. The molecule has 0 bridgehead atoms. The molecule has 3 N–H and O–H groups in total. The van der Waals surface area contributed by atoms with Crippen LogP contribution in [0.3, 0.4) is 0 Å². The Morgan fingerprint density at radius 3 is 2.38 bits per heavy atom. The second-order valence-corrected chi connectivity index (χ2v) is 8.38. The highest BCUT2D eigenvalue weighted by atomic mass is 32.2. The van der Waals surface area contributed by atoms with Crippen LogP contribution in [0.15, 0.2) is 33.4 Å². The van der Waals surface area contributed by atoms with Gasteiger partial charge in [0.2, 0.25) is 10.0 Å². The fourth-order valence-electron chi connectivity index (χ4n) is 1.52. The van der Waals surface area contributed by atoms with Crippen molar-refractivity contribution < 1.29 is 21.2 Å². The van der Waals surface area contributed by atoms with Gasteiger partial charge in [0, 0.05) is 0 Å². The van der Waals surface area contributed by atoms with Gasteiger partial charge in [-0.2, -0.15) is 0 Å². The van der Waals surface area contributed by atoms with Crippen molar-refractivity contribution in [1.82, 2.24) is 4.98 Å². The Hall–Kier alpha value is -1.56. The van der Waals surface area contributed by atoms with E-state index in [1.165, 1.54) is 19.1 Å². The van der Waals surface area contributed by atoms with Gasteiger partial charge in [0.25, 0.3) is 10.0 Å². The molecule has 0 aliphatic carbocycles. The van der Waals surface area contributed by atoms with Crippen LogP contribution in [-0.2, 0) is 20.0 Å². The molecule has 1 aromatic carbocycles. The van der Waals surface area contributed by atoms with E-state index in [1.54, 1.807) is 0 Å². The first-order valence-corrected chi connectivity index (χ1v) is 9.23. The molecule has 21 heavy (non-hydrogen) atoms. The van der Waals surface area contributed by atoms with Gasteiger partial charge in [0.15, 0.2) is 9.34 Å². The number of nitrogens with two attached hydrogens (primary N) is 1. The summed E-state index contributed by atoms with van der Waals surface area (Å²) in [5.74, 6) is -0.926. The molecule has 114 valence electrons. The maximum Gasteiger partial charge on any atom is 0.266 e. The van der Waals surface area contributed by atoms with E-state index >= 15 is 0 Å². The Bertz CT molecular complexity index is 890. The molecule has 0 radical (unpaired) electrons. The van der Waals surface area contributed by atoms with E-state index < -0.39 is 30.8 Å². The minimum atomic E-state index is -4.21. The molecule has 0 amide bonds. The second-order valence-electron chi connectivity index (χ2n) is 3.97. The lowest BCUT2D eigenvalue weighted by Crippen LogP contribution is -2.14. The van der Waals surface area contributed by atoms with Crippen molar-refractivity contribution in [2.24, 2.45) is 5.14 Å². The monoisotopic (exact) mass is 351 g/mol. The maximum absolute atomic E-state index is 13.5. The number of hydrogen-bond donors (Lipinski definition) is 2. The zero-order valence-electron chi connectivity index (χ0n) is 10.6. The van der Waals surface area contributed by atoms with Gasteiger partial charge in [-0.1, -0.05) is 23.5 Å². The Morgan fingerprint density at radius 1 is 1.24 bits per heavy atom. The van der Waals surface area contributed by atoms with Crippen LogP contribution in [-0.4, -0.2) is 21.8 Å². The molecule has 0 aliphatic rings. The number of benzene rings is 1. The first-order valence-electron chi connectivity index (χ1n) is 5.39. The molecule has 11 heteroatoms. The van der Waals surface area contributed by atoms with Crippen molar-refractivity contribution in [3.63, 3.8) is 0 Å². The van der Waals surface area contributed by atoms with Crippen molar-refractivity contribution in [1.29, 1.82) is 0 Å². The number of thiazole rings is 1. The van der Waals surface area contributed by atoms with E-state index in [1.807, 2.05) is 4.72 Å². The molecular formula is C10H10FN3O4S3. The minimum absolute atomic E-state index is 0.0636. The Labute approximate surface area is 124 Å². The van der Waals surface area contributed by atoms with Crippen LogP contribution in [0.25, 0.3) is 0 Å². The number of sulfonamides is 2. The second kappa shape index (κ2) is 5.33. The zero-order valence-corrected chi connectivity index (χ0v) is 13.0. The molecule has 0 aliphatic heterocycles. The van der Waals surface area contributed by atoms with E-state index in [0.29, 0.717) is 11.3 Å². The normalized spacial score (nSPS) is 12.3. The zero-order chi connectivity index (χ0) is 15.8. The molecule has 0 spiro atoms. The molecule has 1 heterocycles. The number of anilines is 1. The summed E-state index contributed by atoms with van der Waals surface area (Å²) in [4.78, 5) is 3.20. The molecule has 1 aromatic heterocycles. The molecule has 2 aromatic rings.